The third-order valence-electron chi connectivity index (χ3n) is 4.92. The zero-order valence-electron chi connectivity index (χ0n) is 17.9. The van der Waals surface area contributed by atoms with E-state index in [1.54, 1.807) is 38.3 Å². The first-order valence-electron chi connectivity index (χ1n) is 9.59. The van der Waals surface area contributed by atoms with E-state index in [-0.39, 0.29) is 11.9 Å². The number of carbonyl (C=O) groups is 1. The van der Waals surface area contributed by atoms with E-state index >= 15 is 0 Å². The molecule has 0 aliphatic rings. The summed E-state index contributed by atoms with van der Waals surface area (Å²) in [6.45, 7) is 7.70. The minimum Gasteiger partial charge on any atom is -0.497 e. The standard InChI is InChI=1S/C22H30N2O4S/c1-7-21(22(25)23-17(4)20-14-15(2)8-9-16(20)3)24(29(6,26)27)18-10-12-19(28-5)13-11-18/h8-14,17,21H,7H2,1-6H3,(H,23,25)/t17-,21-/m1/s1. The van der Waals surface area contributed by atoms with Crippen LogP contribution in [0.1, 0.15) is 43.0 Å². The van der Waals surface area contributed by atoms with Gasteiger partial charge in [-0.15, -0.1) is 0 Å². The van der Waals surface area contributed by atoms with Crippen LogP contribution in [0.15, 0.2) is 42.5 Å². The number of methoxy groups -OCH3 is 1. The number of aryl methyl sites for hydroxylation is 2. The summed E-state index contributed by atoms with van der Waals surface area (Å²) in [5.41, 5.74) is 3.62. The van der Waals surface area contributed by atoms with Crippen LogP contribution in [0.5, 0.6) is 5.75 Å². The lowest BCUT2D eigenvalue weighted by molar-refractivity contribution is -0.122. The van der Waals surface area contributed by atoms with Gasteiger partial charge >= 0.3 is 0 Å². The van der Waals surface area contributed by atoms with Crippen molar-refractivity contribution in [3.05, 3.63) is 59.2 Å². The van der Waals surface area contributed by atoms with Gasteiger partial charge < -0.3 is 10.1 Å². The minimum absolute atomic E-state index is 0.242. The molecule has 0 spiro atoms. The smallest absolute Gasteiger partial charge is 0.244 e. The molecule has 0 bridgehead atoms. The normalized spacial score (nSPS) is 13.4. The molecule has 158 valence electrons. The molecule has 2 rings (SSSR count). The second-order valence-electron chi connectivity index (χ2n) is 7.27. The van der Waals surface area contributed by atoms with Crippen LogP contribution < -0.4 is 14.4 Å². The van der Waals surface area contributed by atoms with E-state index in [1.165, 1.54) is 4.31 Å². The predicted molar refractivity (Wildman–Crippen MR) is 117 cm³/mol. The van der Waals surface area contributed by atoms with Gasteiger partial charge in [0.2, 0.25) is 15.9 Å². The molecule has 0 fully saturated rings. The summed E-state index contributed by atoms with van der Waals surface area (Å²) in [6, 6.07) is 11.6. The fraction of sp³-hybridized carbons (Fsp3) is 0.409. The lowest BCUT2D eigenvalue weighted by atomic mass is 9.99. The number of anilines is 1. The van der Waals surface area contributed by atoms with Crippen LogP contribution in [-0.2, 0) is 14.8 Å². The van der Waals surface area contributed by atoms with Crippen LogP contribution in [0.25, 0.3) is 0 Å². The molecule has 7 heteroatoms. The number of ether oxygens (including phenoxy) is 1. The molecule has 2 atom stereocenters. The molecule has 29 heavy (non-hydrogen) atoms. The first-order chi connectivity index (χ1) is 13.6. The van der Waals surface area contributed by atoms with Crippen molar-refractivity contribution in [3.63, 3.8) is 0 Å². The fourth-order valence-corrected chi connectivity index (χ4v) is 4.61. The van der Waals surface area contributed by atoms with Crippen molar-refractivity contribution < 1.29 is 17.9 Å². The number of sulfonamides is 1. The summed E-state index contributed by atoms with van der Waals surface area (Å²) in [6.07, 6.45) is 1.45. The highest BCUT2D eigenvalue weighted by molar-refractivity contribution is 7.92. The number of nitrogens with zero attached hydrogens (tertiary/aromatic N) is 1. The number of carbonyl (C=O) groups excluding carboxylic acids is 1. The number of rotatable bonds is 8. The third-order valence-corrected chi connectivity index (χ3v) is 6.10. The van der Waals surface area contributed by atoms with E-state index < -0.39 is 16.1 Å². The van der Waals surface area contributed by atoms with Crippen molar-refractivity contribution in [1.29, 1.82) is 0 Å². The molecule has 0 saturated carbocycles. The van der Waals surface area contributed by atoms with Crippen molar-refractivity contribution >= 4 is 21.6 Å². The molecule has 1 N–H and O–H groups in total. The zero-order chi connectivity index (χ0) is 21.8. The van der Waals surface area contributed by atoms with Crippen LogP contribution in [0.2, 0.25) is 0 Å². The maximum absolute atomic E-state index is 13.1. The van der Waals surface area contributed by atoms with Gasteiger partial charge in [0.1, 0.15) is 11.8 Å². The van der Waals surface area contributed by atoms with Crippen LogP contribution in [0.3, 0.4) is 0 Å². The average Bonchev–Trinajstić information content (AvgIpc) is 2.66. The van der Waals surface area contributed by atoms with Crippen molar-refractivity contribution in [3.8, 4) is 5.75 Å². The van der Waals surface area contributed by atoms with E-state index in [9.17, 15) is 13.2 Å². The van der Waals surface area contributed by atoms with Gasteiger partial charge in [-0.1, -0.05) is 30.7 Å². The molecule has 2 aromatic carbocycles. The summed E-state index contributed by atoms with van der Waals surface area (Å²) in [5, 5.41) is 2.99. The van der Waals surface area contributed by atoms with Gasteiger partial charge in [-0.2, -0.15) is 0 Å². The number of hydrogen-bond acceptors (Lipinski definition) is 4. The molecule has 0 aliphatic heterocycles. The minimum atomic E-state index is -3.68. The molecular weight excluding hydrogens is 388 g/mol. The molecule has 2 aromatic rings. The van der Waals surface area contributed by atoms with Gasteiger partial charge in [0.25, 0.3) is 0 Å². The number of nitrogens with one attached hydrogen (secondary N) is 1. The Kier molecular flexibility index (Phi) is 7.30. The Labute approximate surface area is 173 Å². The first-order valence-corrected chi connectivity index (χ1v) is 11.4. The van der Waals surface area contributed by atoms with Crippen molar-refractivity contribution in [2.45, 2.75) is 46.2 Å². The molecule has 0 unspecified atom stereocenters. The SMILES string of the molecule is CC[C@H](C(=O)N[C@H](C)c1cc(C)ccc1C)N(c1ccc(OC)cc1)S(C)(=O)=O. The summed E-state index contributed by atoms with van der Waals surface area (Å²) < 4.78 is 31.4. The quantitative estimate of drug-likeness (QED) is 0.709. The van der Waals surface area contributed by atoms with Gasteiger partial charge in [-0.05, 0) is 62.6 Å². The Bertz CT molecular complexity index is 955. The molecule has 1 amide bonds. The molecule has 6 nitrogen and oxygen atoms in total. The molecule has 0 radical (unpaired) electrons. The Morgan fingerprint density at radius 3 is 2.28 bits per heavy atom. The molecule has 0 saturated heterocycles. The Morgan fingerprint density at radius 2 is 1.76 bits per heavy atom. The van der Waals surface area contributed by atoms with Gasteiger partial charge in [0.15, 0.2) is 0 Å². The number of hydrogen-bond donors (Lipinski definition) is 1. The monoisotopic (exact) mass is 418 g/mol. The van der Waals surface area contributed by atoms with Crippen LogP contribution >= 0.6 is 0 Å². The molecule has 0 aliphatic carbocycles. The molecule has 0 aromatic heterocycles. The van der Waals surface area contributed by atoms with E-state index in [0.29, 0.717) is 17.9 Å². The lowest BCUT2D eigenvalue weighted by Gasteiger charge is -2.31. The summed E-state index contributed by atoms with van der Waals surface area (Å²) in [5.74, 6) is 0.283. The predicted octanol–water partition coefficient (Wildman–Crippen LogP) is 3.73. The van der Waals surface area contributed by atoms with Crippen LogP contribution in [-0.4, -0.2) is 33.7 Å². The first kappa shape index (κ1) is 22.7. The highest BCUT2D eigenvalue weighted by Gasteiger charge is 2.32. The third kappa shape index (κ3) is 5.50. The van der Waals surface area contributed by atoms with E-state index in [1.807, 2.05) is 39.0 Å². The fourth-order valence-electron chi connectivity index (χ4n) is 3.40. The van der Waals surface area contributed by atoms with E-state index in [2.05, 4.69) is 5.32 Å². The summed E-state index contributed by atoms with van der Waals surface area (Å²) >= 11 is 0. The largest absolute Gasteiger partial charge is 0.497 e. The van der Waals surface area contributed by atoms with Crippen molar-refractivity contribution in [2.75, 3.05) is 17.7 Å². The van der Waals surface area contributed by atoms with E-state index in [4.69, 9.17) is 4.74 Å². The number of amides is 1. The van der Waals surface area contributed by atoms with Gasteiger partial charge in [-0.25, -0.2) is 8.42 Å². The van der Waals surface area contributed by atoms with Crippen LogP contribution in [0.4, 0.5) is 5.69 Å². The van der Waals surface area contributed by atoms with Crippen molar-refractivity contribution in [2.24, 2.45) is 0 Å². The maximum Gasteiger partial charge on any atom is 0.244 e. The Hall–Kier alpha value is -2.54. The highest BCUT2D eigenvalue weighted by Crippen LogP contribution is 2.26. The van der Waals surface area contributed by atoms with Crippen LogP contribution in [0, 0.1) is 13.8 Å². The second kappa shape index (κ2) is 9.31. The molecule has 0 heterocycles. The van der Waals surface area contributed by atoms with E-state index in [0.717, 1.165) is 22.9 Å². The van der Waals surface area contributed by atoms with Gasteiger partial charge in [-0.3, -0.25) is 9.10 Å². The van der Waals surface area contributed by atoms with Gasteiger partial charge in [0, 0.05) is 0 Å². The second-order valence-corrected chi connectivity index (χ2v) is 9.13. The summed E-state index contributed by atoms with van der Waals surface area (Å²) in [4.78, 5) is 13.1. The highest BCUT2D eigenvalue weighted by atomic mass is 32.2. The summed E-state index contributed by atoms with van der Waals surface area (Å²) in [7, 11) is -2.14. The topological polar surface area (TPSA) is 75.7 Å². The van der Waals surface area contributed by atoms with Gasteiger partial charge in [0.05, 0.1) is 25.1 Å². The Morgan fingerprint density at radius 1 is 1.14 bits per heavy atom. The maximum atomic E-state index is 13.1. The molecular formula is C22H30N2O4S. The number of benzene rings is 2. The Balaban J connectivity index is 2.33. The average molecular weight is 419 g/mol. The zero-order valence-corrected chi connectivity index (χ0v) is 18.7. The van der Waals surface area contributed by atoms with Crippen molar-refractivity contribution in [1.82, 2.24) is 5.32 Å². The lowest BCUT2D eigenvalue weighted by Crippen LogP contribution is -2.49.